The molecule has 0 saturated heterocycles. The fourth-order valence-electron chi connectivity index (χ4n) is 2.39. The summed E-state index contributed by atoms with van der Waals surface area (Å²) in [5, 5.41) is 2.10. The van der Waals surface area contributed by atoms with E-state index < -0.39 is 0 Å². The minimum atomic E-state index is 0.320. The van der Waals surface area contributed by atoms with Crippen LogP contribution in [-0.4, -0.2) is 19.8 Å². The molecule has 2 rings (SSSR count). The second-order valence-electron chi connectivity index (χ2n) is 4.76. The highest BCUT2D eigenvalue weighted by Gasteiger charge is 2.17. The van der Waals surface area contributed by atoms with Crippen LogP contribution in [0.25, 0.3) is 0 Å². The van der Waals surface area contributed by atoms with Crippen LogP contribution in [0.2, 0.25) is 0 Å². The summed E-state index contributed by atoms with van der Waals surface area (Å²) in [6.07, 6.45) is 0.868. The van der Waals surface area contributed by atoms with Crippen molar-refractivity contribution >= 4 is 11.3 Å². The van der Waals surface area contributed by atoms with Crippen molar-refractivity contribution in [3.05, 3.63) is 46.2 Å². The Morgan fingerprint density at radius 2 is 1.90 bits per heavy atom. The van der Waals surface area contributed by atoms with E-state index >= 15 is 0 Å². The zero-order valence-corrected chi connectivity index (χ0v) is 13.5. The lowest BCUT2D eigenvalue weighted by Gasteiger charge is -2.18. The Morgan fingerprint density at radius 3 is 2.52 bits per heavy atom. The Labute approximate surface area is 130 Å². The third-order valence-corrected chi connectivity index (χ3v) is 4.38. The van der Waals surface area contributed by atoms with Crippen LogP contribution in [0.4, 0.5) is 0 Å². The monoisotopic (exact) mass is 305 g/mol. The molecule has 2 aromatic rings. The molecule has 1 unspecified atom stereocenters. The fraction of sp³-hybridized carbons (Fsp3) is 0.412. The molecule has 0 aliphatic carbocycles. The Bertz CT molecular complexity index is 540. The SMILES string of the molecule is CCOc1cccc(CC(CN)c2cccs2)c1OCC. The maximum Gasteiger partial charge on any atom is 0.164 e. The van der Waals surface area contributed by atoms with Gasteiger partial charge in [-0.15, -0.1) is 11.3 Å². The molecule has 114 valence electrons. The maximum atomic E-state index is 5.97. The molecule has 1 aromatic heterocycles. The predicted octanol–water partition coefficient (Wildman–Crippen LogP) is 3.83. The van der Waals surface area contributed by atoms with E-state index in [0.717, 1.165) is 23.5 Å². The zero-order chi connectivity index (χ0) is 15.1. The molecule has 0 spiro atoms. The van der Waals surface area contributed by atoms with Crippen molar-refractivity contribution in [3.8, 4) is 11.5 Å². The lowest BCUT2D eigenvalue weighted by atomic mass is 9.97. The molecule has 2 N–H and O–H groups in total. The topological polar surface area (TPSA) is 44.5 Å². The third kappa shape index (κ3) is 3.99. The minimum absolute atomic E-state index is 0.320. The van der Waals surface area contributed by atoms with Crippen LogP contribution < -0.4 is 15.2 Å². The Hall–Kier alpha value is -1.52. The molecule has 1 aromatic carbocycles. The van der Waals surface area contributed by atoms with Crippen LogP contribution >= 0.6 is 11.3 Å². The van der Waals surface area contributed by atoms with E-state index in [4.69, 9.17) is 15.2 Å². The lowest BCUT2D eigenvalue weighted by molar-refractivity contribution is 0.285. The molecule has 0 radical (unpaired) electrons. The molecule has 21 heavy (non-hydrogen) atoms. The summed E-state index contributed by atoms with van der Waals surface area (Å²) in [7, 11) is 0. The van der Waals surface area contributed by atoms with Crippen molar-refractivity contribution in [2.45, 2.75) is 26.2 Å². The standard InChI is InChI=1S/C17H23NO2S/c1-3-19-15-8-5-7-13(17(15)20-4-2)11-14(12-18)16-9-6-10-21-16/h5-10,14H,3-4,11-12,18H2,1-2H3. The van der Waals surface area contributed by atoms with Gasteiger partial charge in [0.15, 0.2) is 11.5 Å². The van der Waals surface area contributed by atoms with Crippen molar-refractivity contribution in [3.63, 3.8) is 0 Å². The average Bonchev–Trinajstić information content (AvgIpc) is 3.02. The number of hydrogen-bond acceptors (Lipinski definition) is 4. The second kappa shape index (κ2) is 8.05. The van der Waals surface area contributed by atoms with Gasteiger partial charge < -0.3 is 15.2 Å². The number of ether oxygens (including phenoxy) is 2. The second-order valence-corrected chi connectivity index (χ2v) is 5.74. The van der Waals surface area contributed by atoms with Gasteiger partial charge in [-0.3, -0.25) is 0 Å². The third-order valence-electron chi connectivity index (χ3n) is 3.35. The van der Waals surface area contributed by atoms with Gasteiger partial charge in [-0.2, -0.15) is 0 Å². The fourth-order valence-corrected chi connectivity index (χ4v) is 3.23. The number of rotatable bonds is 8. The van der Waals surface area contributed by atoms with Gasteiger partial charge in [0.25, 0.3) is 0 Å². The van der Waals surface area contributed by atoms with Gasteiger partial charge in [0, 0.05) is 17.3 Å². The number of benzene rings is 1. The summed E-state index contributed by atoms with van der Waals surface area (Å²) in [6, 6.07) is 10.3. The lowest BCUT2D eigenvalue weighted by Crippen LogP contribution is -2.14. The van der Waals surface area contributed by atoms with E-state index in [0.29, 0.717) is 25.7 Å². The van der Waals surface area contributed by atoms with Crippen LogP contribution in [-0.2, 0) is 6.42 Å². The van der Waals surface area contributed by atoms with Gasteiger partial charge in [-0.1, -0.05) is 18.2 Å². The van der Waals surface area contributed by atoms with Crippen molar-refractivity contribution in [1.82, 2.24) is 0 Å². The molecule has 0 saturated carbocycles. The molecular weight excluding hydrogens is 282 g/mol. The molecule has 0 aliphatic rings. The van der Waals surface area contributed by atoms with E-state index in [1.807, 2.05) is 26.0 Å². The first-order valence-electron chi connectivity index (χ1n) is 7.41. The number of thiophene rings is 1. The normalized spacial score (nSPS) is 12.1. The van der Waals surface area contributed by atoms with Crippen LogP contribution in [0.5, 0.6) is 11.5 Å². The van der Waals surface area contributed by atoms with E-state index in [-0.39, 0.29) is 0 Å². The van der Waals surface area contributed by atoms with Crippen LogP contribution in [0.15, 0.2) is 35.7 Å². The number of nitrogens with two attached hydrogens (primary N) is 1. The highest BCUT2D eigenvalue weighted by atomic mass is 32.1. The van der Waals surface area contributed by atoms with Gasteiger partial charge in [0.05, 0.1) is 13.2 Å². The molecule has 4 heteroatoms. The minimum Gasteiger partial charge on any atom is -0.490 e. The first-order valence-corrected chi connectivity index (χ1v) is 8.29. The highest BCUT2D eigenvalue weighted by molar-refractivity contribution is 7.10. The Kier molecular flexibility index (Phi) is 6.08. The van der Waals surface area contributed by atoms with E-state index in [2.05, 4.69) is 23.6 Å². The summed E-state index contributed by atoms with van der Waals surface area (Å²) in [4.78, 5) is 1.32. The van der Waals surface area contributed by atoms with Crippen molar-refractivity contribution < 1.29 is 9.47 Å². The van der Waals surface area contributed by atoms with Gasteiger partial charge in [0.2, 0.25) is 0 Å². The van der Waals surface area contributed by atoms with Crippen molar-refractivity contribution in [2.75, 3.05) is 19.8 Å². The molecular formula is C17H23NO2S. The van der Waals surface area contributed by atoms with Crippen LogP contribution in [0.1, 0.15) is 30.2 Å². The van der Waals surface area contributed by atoms with Gasteiger partial charge >= 0.3 is 0 Å². The molecule has 3 nitrogen and oxygen atoms in total. The first kappa shape index (κ1) is 15.9. The summed E-state index contributed by atoms with van der Waals surface area (Å²) in [5.41, 5.74) is 7.13. The zero-order valence-electron chi connectivity index (χ0n) is 12.7. The van der Waals surface area contributed by atoms with Gasteiger partial charge in [0.1, 0.15) is 0 Å². The maximum absolute atomic E-state index is 5.97. The van der Waals surface area contributed by atoms with Gasteiger partial charge in [-0.05, 0) is 43.3 Å². The summed E-state index contributed by atoms with van der Waals surface area (Å²) in [5.74, 6) is 2.00. The number of para-hydroxylation sites is 1. The first-order chi connectivity index (χ1) is 10.3. The summed E-state index contributed by atoms with van der Waals surface area (Å²) < 4.78 is 11.5. The molecule has 1 heterocycles. The smallest absolute Gasteiger partial charge is 0.164 e. The Morgan fingerprint density at radius 1 is 1.10 bits per heavy atom. The quantitative estimate of drug-likeness (QED) is 0.806. The van der Waals surface area contributed by atoms with Crippen molar-refractivity contribution in [2.24, 2.45) is 5.73 Å². The van der Waals surface area contributed by atoms with Gasteiger partial charge in [-0.25, -0.2) is 0 Å². The van der Waals surface area contributed by atoms with E-state index in [1.165, 1.54) is 4.88 Å². The molecule has 0 aliphatic heterocycles. The molecule has 0 amide bonds. The number of hydrogen-bond donors (Lipinski definition) is 1. The van der Waals surface area contributed by atoms with Crippen molar-refractivity contribution in [1.29, 1.82) is 0 Å². The summed E-state index contributed by atoms with van der Waals surface area (Å²) >= 11 is 1.76. The molecule has 0 fully saturated rings. The largest absolute Gasteiger partial charge is 0.490 e. The van der Waals surface area contributed by atoms with Crippen LogP contribution in [0, 0.1) is 0 Å². The van der Waals surface area contributed by atoms with Crippen LogP contribution in [0.3, 0.4) is 0 Å². The molecule has 0 bridgehead atoms. The molecule has 1 atom stereocenters. The average molecular weight is 305 g/mol. The van der Waals surface area contributed by atoms with E-state index in [1.54, 1.807) is 11.3 Å². The van der Waals surface area contributed by atoms with E-state index in [9.17, 15) is 0 Å². The predicted molar refractivity (Wildman–Crippen MR) is 88.6 cm³/mol. The Balaban J connectivity index is 2.27. The summed E-state index contributed by atoms with van der Waals surface area (Å²) in [6.45, 7) is 5.87. The highest BCUT2D eigenvalue weighted by Crippen LogP contribution is 2.35.